The summed E-state index contributed by atoms with van der Waals surface area (Å²) in [4.78, 5) is 35.6. The molecule has 3 atom stereocenters. The van der Waals surface area contributed by atoms with Crippen LogP contribution in [0.15, 0.2) is 18.2 Å². The molecule has 1 saturated carbocycles. The number of rotatable bonds is 2. The van der Waals surface area contributed by atoms with Crippen molar-refractivity contribution in [2.75, 3.05) is 6.54 Å². The van der Waals surface area contributed by atoms with E-state index in [-0.39, 0.29) is 23.8 Å². The largest absolute Gasteiger partial charge is 0.481 e. The van der Waals surface area contributed by atoms with Gasteiger partial charge in [-0.25, -0.2) is 9.97 Å². The van der Waals surface area contributed by atoms with Crippen LogP contribution in [0.3, 0.4) is 0 Å². The summed E-state index contributed by atoms with van der Waals surface area (Å²) < 4.78 is 0. The van der Waals surface area contributed by atoms with Crippen molar-refractivity contribution < 1.29 is 14.7 Å². The topological polar surface area (TPSA) is 83.4 Å². The van der Waals surface area contributed by atoms with Gasteiger partial charge in [0.15, 0.2) is 0 Å². The summed E-state index contributed by atoms with van der Waals surface area (Å²) in [5.41, 5.74) is 3.87. The lowest BCUT2D eigenvalue weighted by Crippen LogP contribution is -2.51. The number of benzene rings is 1. The normalized spacial score (nSPS) is 25.3. The summed E-state index contributed by atoms with van der Waals surface area (Å²) >= 11 is 0. The van der Waals surface area contributed by atoms with Gasteiger partial charge in [-0.3, -0.25) is 9.59 Å². The molecular weight excluding hydrogens is 330 g/mol. The SMILES string of the molecule is Cc1nc2ccc(C(=O)N3CCC(C(=O)O)C4CCCC43)cc2nc1C. The van der Waals surface area contributed by atoms with Crippen LogP contribution in [0.25, 0.3) is 11.0 Å². The second-order valence-corrected chi connectivity index (χ2v) is 7.49. The highest BCUT2D eigenvalue weighted by Gasteiger charge is 2.45. The van der Waals surface area contributed by atoms with Gasteiger partial charge in [-0.2, -0.15) is 0 Å². The summed E-state index contributed by atoms with van der Waals surface area (Å²) in [6, 6.07) is 5.50. The molecule has 2 aromatic rings. The molecule has 1 N–H and O–H groups in total. The van der Waals surface area contributed by atoms with E-state index in [1.165, 1.54) is 0 Å². The molecule has 1 aromatic carbocycles. The lowest BCUT2D eigenvalue weighted by atomic mass is 9.81. The van der Waals surface area contributed by atoms with Crippen LogP contribution in [0.2, 0.25) is 0 Å². The fraction of sp³-hybridized carbons (Fsp3) is 0.500. The van der Waals surface area contributed by atoms with Crippen LogP contribution in [0.1, 0.15) is 47.4 Å². The highest BCUT2D eigenvalue weighted by Crippen LogP contribution is 2.41. The summed E-state index contributed by atoms with van der Waals surface area (Å²) in [5, 5.41) is 9.48. The van der Waals surface area contributed by atoms with E-state index in [4.69, 9.17) is 0 Å². The number of hydrogen-bond acceptors (Lipinski definition) is 4. The van der Waals surface area contributed by atoms with E-state index in [0.29, 0.717) is 18.5 Å². The highest BCUT2D eigenvalue weighted by molar-refractivity contribution is 5.97. The van der Waals surface area contributed by atoms with Crippen LogP contribution in [0.5, 0.6) is 0 Å². The fourth-order valence-electron chi connectivity index (χ4n) is 4.57. The monoisotopic (exact) mass is 353 g/mol. The molecule has 1 aliphatic heterocycles. The Morgan fingerprint density at radius 1 is 1.08 bits per heavy atom. The van der Waals surface area contributed by atoms with Gasteiger partial charge in [0.25, 0.3) is 5.91 Å². The molecule has 1 aromatic heterocycles. The van der Waals surface area contributed by atoms with Crippen LogP contribution in [0.4, 0.5) is 0 Å². The minimum Gasteiger partial charge on any atom is -0.481 e. The highest BCUT2D eigenvalue weighted by atomic mass is 16.4. The smallest absolute Gasteiger partial charge is 0.306 e. The van der Waals surface area contributed by atoms with Crippen molar-refractivity contribution >= 4 is 22.9 Å². The lowest BCUT2D eigenvalue weighted by Gasteiger charge is -2.41. The Bertz CT molecular complexity index is 895. The predicted octanol–water partition coefficient (Wildman–Crippen LogP) is 2.96. The van der Waals surface area contributed by atoms with Gasteiger partial charge in [0, 0.05) is 18.2 Å². The molecule has 0 spiro atoms. The maximum atomic E-state index is 13.1. The average Bonchev–Trinajstić information content (AvgIpc) is 3.10. The molecule has 2 aliphatic rings. The Morgan fingerprint density at radius 2 is 1.81 bits per heavy atom. The van der Waals surface area contributed by atoms with Crippen molar-refractivity contribution in [2.24, 2.45) is 11.8 Å². The number of nitrogens with zero attached hydrogens (tertiary/aromatic N) is 3. The first-order valence-corrected chi connectivity index (χ1v) is 9.24. The first-order valence-electron chi connectivity index (χ1n) is 9.24. The molecule has 4 rings (SSSR count). The number of amides is 1. The van der Waals surface area contributed by atoms with Gasteiger partial charge in [-0.05, 0) is 57.2 Å². The number of carboxylic acid groups (broad SMARTS) is 1. The zero-order valence-corrected chi connectivity index (χ0v) is 15.1. The molecular formula is C20H23N3O3. The second kappa shape index (κ2) is 6.34. The predicted molar refractivity (Wildman–Crippen MR) is 96.9 cm³/mol. The lowest BCUT2D eigenvalue weighted by molar-refractivity contribution is -0.146. The second-order valence-electron chi connectivity index (χ2n) is 7.49. The van der Waals surface area contributed by atoms with Crippen molar-refractivity contribution in [2.45, 2.75) is 45.6 Å². The van der Waals surface area contributed by atoms with Gasteiger partial charge in [0.2, 0.25) is 0 Å². The molecule has 0 bridgehead atoms. The fourth-order valence-corrected chi connectivity index (χ4v) is 4.57. The molecule has 1 amide bonds. The zero-order valence-electron chi connectivity index (χ0n) is 15.1. The van der Waals surface area contributed by atoms with E-state index < -0.39 is 5.97 Å². The first kappa shape index (κ1) is 16.9. The Morgan fingerprint density at radius 3 is 2.54 bits per heavy atom. The van der Waals surface area contributed by atoms with Crippen molar-refractivity contribution in [3.8, 4) is 0 Å². The number of hydrogen-bond donors (Lipinski definition) is 1. The van der Waals surface area contributed by atoms with Gasteiger partial charge in [-0.15, -0.1) is 0 Å². The van der Waals surface area contributed by atoms with Crippen LogP contribution >= 0.6 is 0 Å². The van der Waals surface area contributed by atoms with E-state index in [1.807, 2.05) is 30.9 Å². The maximum absolute atomic E-state index is 13.1. The van der Waals surface area contributed by atoms with Gasteiger partial charge >= 0.3 is 5.97 Å². The van der Waals surface area contributed by atoms with E-state index >= 15 is 0 Å². The third kappa shape index (κ3) is 2.73. The molecule has 26 heavy (non-hydrogen) atoms. The van der Waals surface area contributed by atoms with Crippen LogP contribution < -0.4 is 0 Å². The quantitative estimate of drug-likeness (QED) is 0.897. The Hall–Kier alpha value is -2.50. The number of piperidine rings is 1. The summed E-state index contributed by atoms with van der Waals surface area (Å²) in [6.45, 7) is 4.34. The number of aromatic nitrogens is 2. The molecule has 0 radical (unpaired) electrons. The number of likely N-dealkylation sites (tertiary alicyclic amines) is 1. The molecule has 2 fully saturated rings. The third-order valence-electron chi connectivity index (χ3n) is 6.03. The van der Waals surface area contributed by atoms with E-state index in [0.717, 1.165) is 41.7 Å². The molecule has 6 heteroatoms. The van der Waals surface area contributed by atoms with Crippen molar-refractivity contribution in [3.63, 3.8) is 0 Å². The van der Waals surface area contributed by atoms with Crippen molar-refractivity contribution in [3.05, 3.63) is 35.2 Å². The van der Waals surface area contributed by atoms with Crippen molar-refractivity contribution in [1.82, 2.24) is 14.9 Å². The first-order chi connectivity index (χ1) is 12.5. The van der Waals surface area contributed by atoms with Crippen molar-refractivity contribution in [1.29, 1.82) is 0 Å². The minimum absolute atomic E-state index is 0.0207. The van der Waals surface area contributed by atoms with Gasteiger partial charge < -0.3 is 10.0 Å². The summed E-state index contributed by atoms with van der Waals surface area (Å²) in [7, 11) is 0. The molecule has 3 unspecified atom stereocenters. The van der Waals surface area contributed by atoms with Gasteiger partial charge in [-0.1, -0.05) is 6.42 Å². The zero-order chi connectivity index (χ0) is 18.4. The summed E-state index contributed by atoms with van der Waals surface area (Å²) in [6.07, 6.45) is 3.32. The minimum atomic E-state index is -0.721. The number of aryl methyl sites for hydroxylation is 2. The van der Waals surface area contributed by atoms with Crippen LogP contribution in [0, 0.1) is 25.7 Å². The Labute approximate surface area is 152 Å². The number of carboxylic acids is 1. The molecule has 136 valence electrons. The Balaban J connectivity index is 1.64. The molecule has 1 aliphatic carbocycles. The van der Waals surface area contributed by atoms with Crippen LogP contribution in [-0.2, 0) is 4.79 Å². The van der Waals surface area contributed by atoms with E-state index in [2.05, 4.69) is 9.97 Å². The summed E-state index contributed by atoms with van der Waals surface area (Å²) in [5.74, 6) is -0.983. The molecule has 2 heterocycles. The van der Waals surface area contributed by atoms with Crippen LogP contribution in [-0.4, -0.2) is 44.4 Å². The third-order valence-corrected chi connectivity index (χ3v) is 6.03. The molecule has 1 saturated heterocycles. The van der Waals surface area contributed by atoms with Gasteiger partial charge in [0.05, 0.1) is 28.3 Å². The average molecular weight is 353 g/mol. The molecule has 6 nitrogen and oxygen atoms in total. The number of aliphatic carboxylic acids is 1. The standard InChI is InChI=1S/C20H23N3O3/c1-11-12(2)22-17-10-13(6-7-16(17)21-11)19(24)23-9-8-15(20(25)26)14-4-3-5-18(14)23/h6-7,10,14-15,18H,3-5,8-9H2,1-2H3,(H,25,26). The number of carbonyl (C=O) groups is 2. The maximum Gasteiger partial charge on any atom is 0.306 e. The van der Waals surface area contributed by atoms with Gasteiger partial charge in [0.1, 0.15) is 0 Å². The van der Waals surface area contributed by atoms with E-state index in [1.54, 1.807) is 6.07 Å². The van der Waals surface area contributed by atoms with E-state index in [9.17, 15) is 14.7 Å². The number of fused-ring (bicyclic) bond motifs is 2. The number of carbonyl (C=O) groups excluding carboxylic acids is 1. The Kier molecular flexibility index (Phi) is 4.13.